The predicted octanol–water partition coefficient (Wildman–Crippen LogP) is -1.45. The zero-order valence-corrected chi connectivity index (χ0v) is 7.08. The Morgan fingerprint density at radius 1 is 1.60 bits per heavy atom. The minimum atomic E-state index is -4.69. The van der Waals surface area contributed by atoms with E-state index in [4.69, 9.17) is 29.0 Å². The lowest BCUT2D eigenvalue weighted by atomic mass is 9.94. The van der Waals surface area contributed by atoms with Crippen LogP contribution in [0.4, 0.5) is 0 Å². The summed E-state index contributed by atoms with van der Waals surface area (Å²) in [6, 6.07) is -4.64. The van der Waals surface area contributed by atoms with Crippen molar-refractivity contribution in [3.8, 4) is 0 Å². The largest absolute Gasteiger partial charge is 0.395 e. The maximum Gasteiger partial charge on any atom is 0.211 e. The molecule has 1 aliphatic heterocycles. The van der Waals surface area contributed by atoms with Gasteiger partial charge in [-0.15, -0.1) is 0 Å². The molecular formula is C10H21NO4. The molecule has 4 atom stereocenters. The summed E-state index contributed by atoms with van der Waals surface area (Å²) < 4.78 is 164. The summed E-state index contributed by atoms with van der Waals surface area (Å²) >= 11 is 0. The van der Waals surface area contributed by atoms with E-state index in [9.17, 15) is 0 Å². The van der Waals surface area contributed by atoms with Crippen LogP contribution in [-0.4, -0.2) is 74.9 Å². The Labute approximate surface area is 120 Å². The molecule has 0 aromatic carbocycles. The smallest absolute Gasteiger partial charge is 0.211 e. The molecule has 0 bridgehead atoms. The molecule has 0 aliphatic carbocycles. The molecule has 0 aromatic heterocycles. The Balaban J connectivity index is 4.47. The first-order valence-corrected chi connectivity index (χ1v) is 3.49. The van der Waals surface area contributed by atoms with Gasteiger partial charge in [-0.3, -0.25) is 4.90 Å². The molecule has 0 radical (unpaired) electrons. The molecule has 15 heavy (non-hydrogen) atoms. The lowest BCUT2D eigenvalue weighted by Gasteiger charge is -2.43. The van der Waals surface area contributed by atoms with Crippen LogP contribution < -0.4 is 0 Å². The Hall–Kier alpha value is -0.200. The van der Waals surface area contributed by atoms with Crippen molar-refractivity contribution in [2.75, 3.05) is 19.6 Å². The van der Waals surface area contributed by atoms with E-state index in [1.807, 2.05) is 0 Å². The number of hydrogen-bond acceptors (Lipinski definition) is 5. The molecule has 1 rings (SSSR count). The van der Waals surface area contributed by atoms with Crippen LogP contribution in [0.1, 0.15) is 42.9 Å². The molecule has 90 valence electrons. The normalized spacial score (nSPS) is 86.0. The zero-order valence-electron chi connectivity index (χ0n) is 28.1. The van der Waals surface area contributed by atoms with Gasteiger partial charge in [0.15, 0.2) is 0 Å². The van der Waals surface area contributed by atoms with Gasteiger partial charge in [0.2, 0.25) is 5.72 Å². The third kappa shape index (κ3) is 2.89. The molecule has 5 nitrogen and oxygen atoms in total. The lowest BCUT2D eigenvalue weighted by molar-refractivity contribution is -0.145. The molecule has 1 fully saturated rings. The van der Waals surface area contributed by atoms with Crippen LogP contribution in [0.2, 0.25) is 0 Å². The summed E-state index contributed by atoms with van der Waals surface area (Å²) in [5.74, 6) is 0. The van der Waals surface area contributed by atoms with Crippen molar-refractivity contribution in [2.45, 2.75) is 43.9 Å². The third-order valence-corrected chi connectivity index (χ3v) is 1.39. The molecule has 0 amide bonds. The molecule has 1 heterocycles. The van der Waals surface area contributed by atoms with Gasteiger partial charge < -0.3 is 20.4 Å². The Bertz CT molecular complexity index is 836. The highest BCUT2D eigenvalue weighted by molar-refractivity contribution is 4.93. The van der Waals surface area contributed by atoms with Crippen LogP contribution in [0.5, 0.6) is 0 Å². The van der Waals surface area contributed by atoms with Crippen LogP contribution >= 0.6 is 0 Å². The van der Waals surface area contributed by atoms with E-state index in [0.29, 0.717) is 0 Å². The number of likely N-dealkylation sites (tertiary alicyclic amines) is 1. The van der Waals surface area contributed by atoms with Crippen molar-refractivity contribution < 1.29 is 43.7 Å². The van der Waals surface area contributed by atoms with E-state index in [-0.39, 0.29) is 0 Å². The maximum atomic E-state index is 8.58. The molecule has 0 spiro atoms. The Kier molecular flexibility index (Phi) is 0.846. The van der Waals surface area contributed by atoms with E-state index >= 15 is 0 Å². The number of piperidine rings is 1. The SMILES string of the molecule is [2H]OC([2H])([2H])[C@@]1([2H])N(C([2H])([2H])C([2H])([2H])C([2H])([2H])C([2H])([2H])[2H])C([2H])([2H])[C@]([2H])(O[2H])[C@@]([2H])(O[2H])[C@]1([2H])O[2H]. The fraction of sp³-hybridized carbons (Fsp3) is 1.00. The van der Waals surface area contributed by atoms with Crippen molar-refractivity contribution in [2.24, 2.45) is 0 Å². The summed E-state index contributed by atoms with van der Waals surface area (Å²) in [5, 5.41) is 15.2. The van der Waals surface area contributed by atoms with Crippen LogP contribution in [0, 0.1) is 0 Å². The minimum absolute atomic E-state index is 1.17. The van der Waals surface area contributed by atoms with Crippen molar-refractivity contribution in [1.82, 2.24) is 4.90 Å². The van der Waals surface area contributed by atoms with Crippen LogP contribution in [0.25, 0.3) is 0 Å². The van der Waals surface area contributed by atoms with Gasteiger partial charge >= 0.3 is 0 Å². The average Bonchev–Trinajstić information content (AvgIpc) is 2.74. The minimum Gasteiger partial charge on any atom is -0.395 e. The van der Waals surface area contributed by atoms with Gasteiger partial charge in [-0.2, -0.15) is 0 Å². The molecule has 5 heteroatoms. The number of β-amino-alcohol motifs (C(OH)–C–C–N with tert-alkyl or cyclic N) is 1. The molecule has 4 N–H and O–H groups in total. The standard InChI is InChI=1S/C10H21NO4/c1-2-3-4-11-5-8(13)10(15)9(14)7(11)6-12/h7-10,12-15H,2-6H2,1H3/t7-,8+,9-,10-/m1/s1/i1D3,2D2,3D2,4D2,5D2,6D2,7D,8D,9D,10D,12D,13D,14D,15D. The number of rotatable bonds is 8. The van der Waals surface area contributed by atoms with Crippen molar-refractivity contribution in [3.05, 3.63) is 0 Å². The molecule has 1 saturated heterocycles. The van der Waals surface area contributed by atoms with Crippen molar-refractivity contribution in [3.63, 3.8) is 0 Å². The summed E-state index contributed by atoms with van der Waals surface area (Å²) in [4.78, 5) is -1.17. The van der Waals surface area contributed by atoms with E-state index < -0.39 is 68.3 Å². The summed E-state index contributed by atoms with van der Waals surface area (Å²) in [6.07, 6.45) is -22.0. The fourth-order valence-corrected chi connectivity index (χ4v) is 0.780. The third-order valence-electron chi connectivity index (χ3n) is 1.39. The van der Waals surface area contributed by atoms with E-state index in [2.05, 4.69) is 20.4 Å². The second kappa shape index (κ2) is 5.77. The monoisotopic (exact) mass is 240 g/mol. The second-order valence-corrected chi connectivity index (χ2v) is 2.25. The van der Waals surface area contributed by atoms with Gasteiger partial charge in [0.1, 0.15) is 12.2 Å². The highest BCUT2D eigenvalue weighted by atomic mass is 16.4. The number of aliphatic hydroxyl groups is 4. The summed E-state index contributed by atoms with van der Waals surface area (Å²) in [5.41, 5.74) is 0. The highest BCUT2D eigenvalue weighted by Gasteiger charge is 2.40. The Morgan fingerprint density at radius 2 is 2.53 bits per heavy atom. The quantitative estimate of drug-likeness (QED) is 0.417. The highest BCUT2D eigenvalue weighted by Crippen LogP contribution is 2.19. The average molecular weight is 240 g/mol. The lowest BCUT2D eigenvalue weighted by Crippen LogP contribution is -2.62. The first kappa shape index (κ1) is 2.20. The topological polar surface area (TPSA) is 84.2 Å². The van der Waals surface area contributed by atoms with Gasteiger partial charge in [-0.25, -0.2) is 0 Å². The predicted molar refractivity (Wildman–Crippen MR) is 55.4 cm³/mol. The van der Waals surface area contributed by atoms with E-state index in [0.717, 1.165) is 0 Å². The molecule has 0 aromatic rings. The first-order valence-electron chi connectivity index (χ1n) is 13.6. The van der Waals surface area contributed by atoms with Gasteiger partial charge in [0, 0.05) is 21.6 Å². The summed E-state index contributed by atoms with van der Waals surface area (Å²) in [6.45, 7) is -17.6. The van der Waals surface area contributed by atoms with Gasteiger partial charge in [0.05, 0.1) is 26.9 Å². The molecular weight excluding hydrogens is 198 g/mol. The van der Waals surface area contributed by atoms with Crippen molar-refractivity contribution in [1.29, 1.82) is 5.72 Å². The van der Waals surface area contributed by atoms with E-state index in [1.165, 1.54) is 0 Å². The molecule has 0 saturated carbocycles. The molecule has 0 unspecified atom stereocenters. The zero-order chi connectivity index (χ0) is 29.4. The number of nitrogens with zero attached hydrogens (tertiary/aromatic N) is 1. The first-order chi connectivity index (χ1) is 15.6. The van der Waals surface area contributed by atoms with Crippen molar-refractivity contribution >= 4 is 0 Å². The molecule has 1 aliphatic rings. The van der Waals surface area contributed by atoms with Crippen LogP contribution in [0.3, 0.4) is 0 Å². The number of hydrogen-bond donors (Lipinski definition) is 4. The Morgan fingerprint density at radius 3 is 3.20 bits per heavy atom. The van der Waals surface area contributed by atoms with Crippen LogP contribution in [-0.2, 0) is 0 Å². The van der Waals surface area contributed by atoms with Gasteiger partial charge in [-0.1, -0.05) is 13.2 Å². The fourth-order valence-electron chi connectivity index (χ4n) is 0.780. The summed E-state index contributed by atoms with van der Waals surface area (Å²) in [7, 11) is 0. The second-order valence-electron chi connectivity index (χ2n) is 2.25. The van der Waals surface area contributed by atoms with Crippen LogP contribution in [0.15, 0.2) is 0 Å². The maximum absolute atomic E-state index is 8.58. The van der Waals surface area contributed by atoms with Gasteiger partial charge in [0.25, 0.3) is 0 Å². The van der Waals surface area contributed by atoms with E-state index in [1.54, 1.807) is 0 Å². The van der Waals surface area contributed by atoms with Gasteiger partial charge in [-0.05, 0) is 12.9 Å².